The molecular formula is C53H92O15. The quantitative estimate of drug-likeness (QED) is 0.0179. The predicted octanol–water partition coefficient (Wildman–Crippen LogP) is 7.49. The molecule has 0 saturated carbocycles. The molecule has 2 aliphatic rings. The van der Waals surface area contributed by atoms with Crippen LogP contribution >= 0.6 is 0 Å². The molecule has 0 amide bonds. The molecule has 68 heavy (non-hydrogen) atoms. The summed E-state index contributed by atoms with van der Waals surface area (Å²) < 4.78 is 33.6. The van der Waals surface area contributed by atoms with Gasteiger partial charge in [0.25, 0.3) is 0 Å². The molecule has 0 aromatic carbocycles. The molecular weight excluding hydrogens is 877 g/mol. The highest BCUT2D eigenvalue weighted by molar-refractivity contribution is 5.70. The van der Waals surface area contributed by atoms with Gasteiger partial charge in [-0.3, -0.25) is 9.59 Å². The van der Waals surface area contributed by atoms with Crippen LogP contribution in [0, 0.1) is 0 Å². The van der Waals surface area contributed by atoms with Crippen molar-refractivity contribution in [2.45, 2.75) is 248 Å². The fourth-order valence-electron chi connectivity index (χ4n) is 7.99. The second kappa shape index (κ2) is 40.1. The number of aliphatic hydroxyl groups excluding tert-OH is 7. The number of carbonyl (C=O) groups excluding carboxylic acids is 2. The van der Waals surface area contributed by atoms with Crippen molar-refractivity contribution in [3.05, 3.63) is 48.6 Å². The van der Waals surface area contributed by atoms with Gasteiger partial charge in [-0.05, 0) is 70.6 Å². The molecule has 11 atom stereocenters. The van der Waals surface area contributed by atoms with E-state index in [1.54, 1.807) is 0 Å². The molecule has 0 radical (unpaired) electrons. The number of hydrogen-bond donors (Lipinski definition) is 7. The van der Waals surface area contributed by atoms with E-state index in [0.29, 0.717) is 12.8 Å². The van der Waals surface area contributed by atoms with Crippen molar-refractivity contribution in [3.63, 3.8) is 0 Å². The van der Waals surface area contributed by atoms with Gasteiger partial charge in [-0.15, -0.1) is 0 Å². The molecule has 11 unspecified atom stereocenters. The highest BCUT2D eigenvalue weighted by Crippen LogP contribution is 2.26. The van der Waals surface area contributed by atoms with Crippen molar-refractivity contribution in [2.24, 2.45) is 0 Å². The van der Waals surface area contributed by atoms with E-state index in [9.17, 15) is 45.3 Å². The lowest BCUT2D eigenvalue weighted by Gasteiger charge is -2.42. The van der Waals surface area contributed by atoms with E-state index in [0.717, 1.165) is 83.5 Å². The molecule has 0 spiro atoms. The Balaban J connectivity index is 1.81. The summed E-state index contributed by atoms with van der Waals surface area (Å²) >= 11 is 0. The van der Waals surface area contributed by atoms with Crippen LogP contribution in [-0.2, 0) is 38.0 Å². The molecule has 15 heteroatoms. The maximum absolute atomic E-state index is 13.0. The second-order valence-corrected chi connectivity index (χ2v) is 18.3. The van der Waals surface area contributed by atoms with Crippen molar-refractivity contribution in [1.29, 1.82) is 0 Å². The summed E-state index contributed by atoms with van der Waals surface area (Å²) in [4.78, 5) is 25.8. The van der Waals surface area contributed by atoms with Crippen LogP contribution in [0.3, 0.4) is 0 Å². The average Bonchev–Trinajstić information content (AvgIpc) is 3.33. The van der Waals surface area contributed by atoms with E-state index in [4.69, 9.17) is 28.4 Å². The van der Waals surface area contributed by atoms with Crippen molar-refractivity contribution < 1.29 is 73.8 Å². The zero-order valence-electron chi connectivity index (χ0n) is 41.6. The van der Waals surface area contributed by atoms with E-state index < -0.39 is 99.3 Å². The van der Waals surface area contributed by atoms with Gasteiger partial charge in [0.1, 0.15) is 55.4 Å². The van der Waals surface area contributed by atoms with Crippen LogP contribution in [-0.4, -0.2) is 142 Å². The summed E-state index contributed by atoms with van der Waals surface area (Å²) in [6.07, 6.45) is 27.1. The predicted molar refractivity (Wildman–Crippen MR) is 261 cm³/mol. The molecule has 2 heterocycles. The first-order valence-electron chi connectivity index (χ1n) is 26.2. The average molecular weight is 969 g/mol. The number of unbranched alkanes of at least 4 members (excludes halogenated alkanes) is 18. The zero-order chi connectivity index (χ0) is 49.6. The Kier molecular flexibility index (Phi) is 36.3. The first-order chi connectivity index (χ1) is 33.0. The van der Waals surface area contributed by atoms with E-state index in [2.05, 4.69) is 62.5 Å². The molecule has 2 fully saturated rings. The van der Waals surface area contributed by atoms with Crippen LogP contribution in [0.5, 0.6) is 0 Å². The van der Waals surface area contributed by atoms with Crippen molar-refractivity contribution in [3.8, 4) is 0 Å². The van der Waals surface area contributed by atoms with Gasteiger partial charge < -0.3 is 64.2 Å². The lowest BCUT2D eigenvalue weighted by Crippen LogP contribution is -2.61. The molecule has 0 aliphatic carbocycles. The third-order valence-electron chi connectivity index (χ3n) is 12.3. The summed E-state index contributed by atoms with van der Waals surface area (Å²) in [5, 5.41) is 72.1. The number of carbonyl (C=O) groups is 2. The van der Waals surface area contributed by atoms with Crippen molar-refractivity contribution >= 4 is 11.9 Å². The summed E-state index contributed by atoms with van der Waals surface area (Å²) in [6, 6.07) is 0. The van der Waals surface area contributed by atoms with Crippen LogP contribution in [0.4, 0.5) is 0 Å². The van der Waals surface area contributed by atoms with Crippen LogP contribution in [0.2, 0.25) is 0 Å². The molecule has 394 valence electrons. The second-order valence-electron chi connectivity index (χ2n) is 18.3. The Hall–Kier alpha value is -2.54. The minimum Gasteiger partial charge on any atom is -0.462 e. The van der Waals surface area contributed by atoms with E-state index in [1.807, 2.05) is 0 Å². The Morgan fingerprint density at radius 3 is 1.47 bits per heavy atom. The molecule has 0 bridgehead atoms. The van der Waals surface area contributed by atoms with E-state index >= 15 is 0 Å². The molecule has 2 saturated heterocycles. The van der Waals surface area contributed by atoms with E-state index in [1.165, 1.54) is 57.8 Å². The molecule has 0 aromatic rings. The normalized spacial score (nSPS) is 26.1. The fraction of sp³-hybridized carbons (Fsp3) is 0.811. The largest absolute Gasteiger partial charge is 0.462 e. The number of hydrogen-bond acceptors (Lipinski definition) is 15. The number of rotatable bonds is 40. The summed E-state index contributed by atoms with van der Waals surface area (Å²) in [5.41, 5.74) is 0. The van der Waals surface area contributed by atoms with Gasteiger partial charge in [0.15, 0.2) is 18.7 Å². The molecule has 0 aromatic heterocycles. The maximum Gasteiger partial charge on any atom is 0.306 e. The van der Waals surface area contributed by atoms with Crippen molar-refractivity contribution in [2.75, 3.05) is 26.4 Å². The SMILES string of the molecule is CCC=CCC=CCC=CCCCCCCCC(=O)OC(COC(=O)CCCCCCCCCC=CCCCCCCCC)COC1OC(COC2OC(CO)C(O)C(O)C2O)C(O)C(O)C1O. The lowest BCUT2D eigenvalue weighted by molar-refractivity contribution is -0.332. The van der Waals surface area contributed by atoms with E-state index in [-0.39, 0.29) is 19.4 Å². The van der Waals surface area contributed by atoms with Gasteiger partial charge in [0.2, 0.25) is 0 Å². The summed E-state index contributed by atoms with van der Waals surface area (Å²) in [6.45, 7) is 2.45. The summed E-state index contributed by atoms with van der Waals surface area (Å²) in [5.74, 6) is -0.950. The number of ether oxygens (including phenoxy) is 6. The molecule has 2 rings (SSSR count). The van der Waals surface area contributed by atoms with Gasteiger partial charge >= 0.3 is 11.9 Å². The smallest absolute Gasteiger partial charge is 0.306 e. The van der Waals surface area contributed by atoms with Crippen LogP contribution in [0.25, 0.3) is 0 Å². The molecule has 7 N–H and O–H groups in total. The number of aliphatic hydroxyl groups is 7. The number of allylic oxidation sites excluding steroid dienone is 8. The lowest BCUT2D eigenvalue weighted by atomic mass is 9.98. The third kappa shape index (κ3) is 27.7. The summed E-state index contributed by atoms with van der Waals surface area (Å²) in [7, 11) is 0. The highest BCUT2D eigenvalue weighted by Gasteiger charge is 2.47. The highest BCUT2D eigenvalue weighted by atomic mass is 16.7. The Morgan fingerprint density at radius 2 is 0.926 bits per heavy atom. The van der Waals surface area contributed by atoms with Gasteiger partial charge in [-0.2, -0.15) is 0 Å². The monoisotopic (exact) mass is 969 g/mol. The van der Waals surface area contributed by atoms with Gasteiger partial charge in [0, 0.05) is 12.8 Å². The van der Waals surface area contributed by atoms with Gasteiger partial charge in [0.05, 0.1) is 19.8 Å². The molecule has 15 nitrogen and oxygen atoms in total. The van der Waals surface area contributed by atoms with Gasteiger partial charge in [-0.1, -0.05) is 146 Å². The first-order valence-corrected chi connectivity index (χ1v) is 26.2. The first kappa shape index (κ1) is 61.6. The minimum absolute atomic E-state index is 0.144. The Bertz CT molecular complexity index is 1370. The van der Waals surface area contributed by atoms with Crippen LogP contribution in [0.15, 0.2) is 48.6 Å². The van der Waals surface area contributed by atoms with Crippen molar-refractivity contribution in [1.82, 2.24) is 0 Å². The van der Waals surface area contributed by atoms with Gasteiger partial charge in [-0.25, -0.2) is 0 Å². The maximum atomic E-state index is 13.0. The molecule has 2 aliphatic heterocycles. The fourth-order valence-corrected chi connectivity index (χ4v) is 7.99. The standard InChI is InChI=1S/C53H92O15/c1-3-5-7-9-11-13-15-17-19-20-22-23-25-27-29-31-33-35-44(55)63-38-41(66-45(56)36-34-32-30-28-26-24-21-18-16-14-12-10-8-6-4-2)39-64-52-51(62)49(60)47(58)43(68-52)40-65-53-50(61)48(59)46(57)42(37-54)67-53/h6,8,12,14,17-19,21,41-43,46-54,57-62H,3-5,7,9-11,13,15-16,20,22-40H2,1-2H3. The number of esters is 2. The zero-order valence-corrected chi connectivity index (χ0v) is 41.6. The van der Waals surface area contributed by atoms with Crippen LogP contribution < -0.4 is 0 Å². The topological polar surface area (TPSA) is 231 Å². The minimum atomic E-state index is -1.77. The third-order valence-corrected chi connectivity index (χ3v) is 12.3. The Morgan fingerprint density at radius 1 is 0.485 bits per heavy atom. The Labute approximate surface area is 408 Å². The van der Waals surface area contributed by atoms with Crippen LogP contribution in [0.1, 0.15) is 181 Å².